The molecule has 2 aromatic rings. The molecule has 110 valence electrons. The predicted octanol–water partition coefficient (Wildman–Crippen LogP) is 2.68. The molecule has 0 radical (unpaired) electrons. The maximum Gasteiger partial charge on any atom is 0.244 e. The first-order valence-electron chi connectivity index (χ1n) is 7.16. The number of fused-ring (bicyclic) bond motifs is 1. The van der Waals surface area contributed by atoms with Gasteiger partial charge >= 0.3 is 0 Å². The first-order valence-corrected chi connectivity index (χ1v) is 7.16. The van der Waals surface area contributed by atoms with Crippen molar-refractivity contribution < 1.29 is 9.59 Å². The maximum atomic E-state index is 12.4. The second kappa shape index (κ2) is 5.93. The number of carbonyl (C=O) groups is 2. The second-order valence-electron chi connectivity index (χ2n) is 5.26. The van der Waals surface area contributed by atoms with E-state index in [1.807, 2.05) is 47.4 Å². The number of rotatable bonds is 3. The van der Waals surface area contributed by atoms with Crippen LogP contribution in [0.25, 0.3) is 0 Å². The van der Waals surface area contributed by atoms with Crippen LogP contribution in [0.15, 0.2) is 59.6 Å². The fourth-order valence-corrected chi connectivity index (χ4v) is 2.63. The monoisotopic (exact) mass is 292 g/mol. The van der Waals surface area contributed by atoms with E-state index in [0.29, 0.717) is 17.9 Å². The summed E-state index contributed by atoms with van der Waals surface area (Å²) in [6, 6.07) is 17.0. The van der Waals surface area contributed by atoms with Crippen molar-refractivity contribution >= 4 is 17.5 Å². The molecule has 0 bridgehead atoms. The third-order valence-electron chi connectivity index (χ3n) is 3.61. The van der Waals surface area contributed by atoms with Gasteiger partial charge in [0.25, 0.3) is 0 Å². The average Bonchev–Trinajstić information content (AvgIpc) is 2.85. The van der Waals surface area contributed by atoms with Gasteiger partial charge in [0.15, 0.2) is 5.78 Å². The van der Waals surface area contributed by atoms with Crippen molar-refractivity contribution in [2.75, 3.05) is 6.54 Å². The Labute approximate surface area is 129 Å². The van der Waals surface area contributed by atoms with E-state index in [9.17, 15) is 9.59 Å². The minimum atomic E-state index is -0.260. The summed E-state index contributed by atoms with van der Waals surface area (Å²) in [5.41, 5.74) is 2.68. The van der Waals surface area contributed by atoms with Crippen LogP contribution in [0.3, 0.4) is 0 Å². The van der Waals surface area contributed by atoms with E-state index in [4.69, 9.17) is 0 Å². The first kappa shape index (κ1) is 14.2. The topological polar surface area (TPSA) is 49.7 Å². The molecule has 3 rings (SSSR count). The molecule has 1 aliphatic heterocycles. The van der Waals surface area contributed by atoms with Crippen LogP contribution in [0.5, 0.6) is 0 Å². The highest BCUT2D eigenvalue weighted by Gasteiger charge is 2.27. The van der Waals surface area contributed by atoms with Crippen LogP contribution < -0.4 is 0 Å². The van der Waals surface area contributed by atoms with Gasteiger partial charge in [-0.25, -0.2) is 0 Å². The van der Waals surface area contributed by atoms with Crippen LogP contribution in [-0.2, 0) is 11.3 Å². The molecule has 0 aromatic heterocycles. The molecule has 1 amide bonds. The SMILES string of the molecule is CC(=O)N=C1c2ccccc2CN1CC(=O)c1ccccc1. The number of hydrogen-bond donors (Lipinski definition) is 0. The molecular weight excluding hydrogens is 276 g/mol. The molecule has 0 spiro atoms. The lowest BCUT2D eigenvalue weighted by molar-refractivity contribution is -0.115. The maximum absolute atomic E-state index is 12.4. The molecule has 0 saturated carbocycles. The van der Waals surface area contributed by atoms with Crippen molar-refractivity contribution in [2.45, 2.75) is 13.5 Å². The number of ketones is 1. The molecule has 0 atom stereocenters. The molecule has 0 aliphatic carbocycles. The predicted molar refractivity (Wildman–Crippen MR) is 84.8 cm³/mol. The van der Waals surface area contributed by atoms with E-state index in [0.717, 1.165) is 11.1 Å². The lowest BCUT2D eigenvalue weighted by Gasteiger charge is -2.17. The zero-order chi connectivity index (χ0) is 15.5. The summed E-state index contributed by atoms with van der Waals surface area (Å²) in [5, 5.41) is 0. The summed E-state index contributed by atoms with van der Waals surface area (Å²) in [5.74, 6) is 0.348. The average molecular weight is 292 g/mol. The van der Waals surface area contributed by atoms with Crippen LogP contribution in [0.4, 0.5) is 0 Å². The molecule has 0 unspecified atom stereocenters. The highest BCUT2D eigenvalue weighted by molar-refractivity contribution is 6.09. The Hall–Kier alpha value is -2.75. The number of Topliss-reactive ketones (excluding diaryl/α,β-unsaturated/α-hetero) is 1. The number of hydrogen-bond acceptors (Lipinski definition) is 2. The van der Waals surface area contributed by atoms with Crippen LogP contribution >= 0.6 is 0 Å². The van der Waals surface area contributed by atoms with Gasteiger partial charge in [0.1, 0.15) is 5.84 Å². The lowest BCUT2D eigenvalue weighted by atomic mass is 10.1. The Morgan fingerprint density at radius 1 is 1.05 bits per heavy atom. The van der Waals surface area contributed by atoms with E-state index in [1.54, 1.807) is 12.1 Å². The Morgan fingerprint density at radius 3 is 2.45 bits per heavy atom. The van der Waals surface area contributed by atoms with Crippen LogP contribution in [0, 0.1) is 0 Å². The minimum Gasteiger partial charge on any atom is -0.344 e. The van der Waals surface area contributed by atoms with Crippen molar-refractivity contribution in [3.63, 3.8) is 0 Å². The fourth-order valence-electron chi connectivity index (χ4n) is 2.63. The number of nitrogens with zero attached hydrogens (tertiary/aromatic N) is 2. The van der Waals surface area contributed by atoms with Gasteiger partial charge in [0.05, 0.1) is 6.54 Å². The Kier molecular flexibility index (Phi) is 3.83. The van der Waals surface area contributed by atoms with Gasteiger partial charge in [-0.1, -0.05) is 54.6 Å². The molecule has 22 heavy (non-hydrogen) atoms. The summed E-state index contributed by atoms with van der Waals surface area (Å²) in [4.78, 5) is 29.8. The van der Waals surface area contributed by atoms with Gasteiger partial charge in [0.2, 0.25) is 5.91 Å². The summed E-state index contributed by atoms with van der Waals surface area (Å²) in [6.07, 6.45) is 0. The van der Waals surface area contributed by atoms with E-state index in [1.165, 1.54) is 6.92 Å². The highest BCUT2D eigenvalue weighted by atomic mass is 16.1. The number of aliphatic imine (C=N–C) groups is 1. The van der Waals surface area contributed by atoms with Crippen molar-refractivity contribution in [3.05, 3.63) is 71.3 Å². The van der Waals surface area contributed by atoms with Crippen molar-refractivity contribution in [3.8, 4) is 0 Å². The number of carbonyl (C=O) groups excluding carboxylic acids is 2. The quantitative estimate of drug-likeness (QED) is 0.817. The summed E-state index contributed by atoms with van der Waals surface area (Å²) in [7, 11) is 0. The van der Waals surface area contributed by atoms with Crippen LogP contribution in [0.2, 0.25) is 0 Å². The normalized spacial score (nSPS) is 15.0. The molecule has 1 aliphatic rings. The first-order chi connectivity index (χ1) is 10.6. The largest absolute Gasteiger partial charge is 0.344 e. The smallest absolute Gasteiger partial charge is 0.244 e. The van der Waals surface area contributed by atoms with Gasteiger partial charge in [0, 0.05) is 24.6 Å². The third kappa shape index (κ3) is 2.81. The van der Waals surface area contributed by atoms with Crippen molar-refractivity contribution in [1.82, 2.24) is 4.90 Å². The molecule has 4 nitrogen and oxygen atoms in total. The molecule has 0 fully saturated rings. The third-order valence-corrected chi connectivity index (χ3v) is 3.61. The number of amidine groups is 1. The zero-order valence-electron chi connectivity index (χ0n) is 12.3. The van der Waals surface area contributed by atoms with Gasteiger partial charge < -0.3 is 4.90 Å². The van der Waals surface area contributed by atoms with Gasteiger partial charge in [-0.2, -0.15) is 4.99 Å². The molecule has 4 heteroatoms. The van der Waals surface area contributed by atoms with Gasteiger partial charge in [-0.15, -0.1) is 0 Å². The minimum absolute atomic E-state index is 0.0182. The van der Waals surface area contributed by atoms with Crippen molar-refractivity contribution in [2.24, 2.45) is 4.99 Å². The number of amides is 1. The van der Waals surface area contributed by atoms with E-state index < -0.39 is 0 Å². The Balaban J connectivity index is 1.88. The van der Waals surface area contributed by atoms with Gasteiger partial charge in [-0.3, -0.25) is 9.59 Å². The summed E-state index contributed by atoms with van der Waals surface area (Å²) < 4.78 is 0. The molecule has 0 N–H and O–H groups in total. The van der Waals surface area contributed by atoms with Crippen LogP contribution in [-0.4, -0.2) is 29.0 Å². The highest BCUT2D eigenvalue weighted by Crippen LogP contribution is 2.23. The molecular formula is C18H16N2O2. The Morgan fingerprint density at radius 2 is 1.73 bits per heavy atom. The lowest BCUT2D eigenvalue weighted by Crippen LogP contribution is -2.31. The molecule has 1 heterocycles. The molecule has 2 aromatic carbocycles. The van der Waals surface area contributed by atoms with Crippen LogP contribution in [0.1, 0.15) is 28.4 Å². The molecule has 0 saturated heterocycles. The van der Waals surface area contributed by atoms with E-state index >= 15 is 0 Å². The number of benzene rings is 2. The standard InChI is InChI=1S/C18H16N2O2/c1-13(21)19-18-16-10-6-5-9-15(16)11-20(18)12-17(22)14-7-3-2-4-8-14/h2-10H,11-12H2,1H3. The summed E-state index contributed by atoms with van der Waals surface area (Å²) in [6.45, 7) is 2.23. The fraction of sp³-hybridized carbons (Fsp3) is 0.167. The van der Waals surface area contributed by atoms with E-state index in [-0.39, 0.29) is 18.2 Å². The van der Waals surface area contributed by atoms with Gasteiger partial charge in [-0.05, 0) is 5.56 Å². The van der Waals surface area contributed by atoms with Crippen molar-refractivity contribution in [1.29, 1.82) is 0 Å². The zero-order valence-corrected chi connectivity index (χ0v) is 12.3. The van der Waals surface area contributed by atoms with E-state index in [2.05, 4.69) is 4.99 Å². The second-order valence-corrected chi connectivity index (χ2v) is 5.26. The Bertz CT molecular complexity index is 751. The summed E-state index contributed by atoms with van der Waals surface area (Å²) >= 11 is 0.